The molecule has 0 bridgehead atoms. The van der Waals surface area contributed by atoms with Crippen LogP contribution in [0.5, 0.6) is 17.2 Å². The van der Waals surface area contributed by atoms with Gasteiger partial charge in [-0.1, -0.05) is 23.2 Å². The third-order valence-corrected chi connectivity index (χ3v) is 3.57. The summed E-state index contributed by atoms with van der Waals surface area (Å²) in [6.45, 7) is 1.90. The largest absolute Gasteiger partial charge is 0.496 e. The van der Waals surface area contributed by atoms with Gasteiger partial charge in [0.15, 0.2) is 5.75 Å². The molecule has 0 aliphatic carbocycles. The molecule has 0 saturated carbocycles. The molecule has 2 aromatic carbocycles. The zero-order valence-corrected chi connectivity index (χ0v) is 13.8. The quantitative estimate of drug-likeness (QED) is 0.743. The SMILES string of the molecule is COC(=O)c1cc(Cl)c(Oc2ccc(OC)c(C)c2)c(Cl)c1. The Labute approximate surface area is 138 Å². The van der Waals surface area contributed by atoms with Crippen molar-refractivity contribution in [2.75, 3.05) is 14.2 Å². The molecule has 0 unspecified atom stereocenters. The van der Waals surface area contributed by atoms with E-state index in [4.69, 9.17) is 32.7 Å². The molecule has 0 fully saturated rings. The van der Waals surface area contributed by atoms with E-state index in [-0.39, 0.29) is 21.4 Å². The molecule has 0 aliphatic heterocycles. The van der Waals surface area contributed by atoms with Gasteiger partial charge in [0.1, 0.15) is 11.5 Å². The molecule has 2 rings (SSSR count). The van der Waals surface area contributed by atoms with Crippen LogP contribution in [0.25, 0.3) is 0 Å². The van der Waals surface area contributed by atoms with Crippen molar-refractivity contribution in [3.63, 3.8) is 0 Å². The highest BCUT2D eigenvalue weighted by molar-refractivity contribution is 6.37. The number of aryl methyl sites for hydroxylation is 1. The third-order valence-electron chi connectivity index (χ3n) is 3.01. The van der Waals surface area contributed by atoms with Gasteiger partial charge in [0, 0.05) is 0 Å². The molecular weight excluding hydrogens is 327 g/mol. The number of carbonyl (C=O) groups excluding carboxylic acids is 1. The van der Waals surface area contributed by atoms with Crippen LogP contribution in [0.3, 0.4) is 0 Å². The molecule has 4 nitrogen and oxygen atoms in total. The highest BCUT2D eigenvalue weighted by Gasteiger charge is 2.15. The number of esters is 1. The van der Waals surface area contributed by atoms with Crippen LogP contribution in [0.1, 0.15) is 15.9 Å². The predicted octanol–water partition coefficient (Wildman–Crippen LogP) is 4.89. The minimum Gasteiger partial charge on any atom is -0.496 e. The van der Waals surface area contributed by atoms with Crippen LogP contribution in [-0.2, 0) is 4.74 Å². The van der Waals surface area contributed by atoms with Crippen molar-refractivity contribution < 1.29 is 19.0 Å². The van der Waals surface area contributed by atoms with E-state index in [9.17, 15) is 4.79 Å². The van der Waals surface area contributed by atoms with Gasteiger partial charge in [-0.05, 0) is 42.8 Å². The Hall–Kier alpha value is -1.91. The van der Waals surface area contributed by atoms with E-state index < -0.39 is 5.97 Å². The summed E-state index contributed by atoms with van der Waals surface area (Å²) in [6.07, 6.45) is 0. The lowest BCUT2D eigenvalue weighted by molar-refractivity contribution is 0.0600. The van der Waals surface area contributed by atoms with Gasteiger partial charge in [-0.3, -0.25) is 0 Å². The second kappa shape index (κ2) is 6.90. The highest BCUT2D eigenvalue weighted by atomic mass is 35.5. The summed E-state index contributed by atoms with van der Waals surface area (Å²) in [4.78, 5) is 11.5. The molecule has 0 atom stereocenters. The molecule has 0 aromatic heterocycles. The maximum absolute atomic E-state index is 11.5. The Bertz CT molecular complexity index is 690. The minimum atomic E-state index is -0.518. The maximum Gasteiger partial charge on any atom is 0.337 e. The molecule has 0 spiro atoms. The smallest absolute Gasteiger partial charge is 0.337 e. The molecule has 0 radical (unpaired) electrons. The maximum atomic E-state index is 11.5. The molecule has 116 valence electrons. The normalized spacial score (nSPS) is 10.2. The topological polar surface area (TPSA) is 44.8 Å². The fraction of sp³-hybridized carbons (Fsp3) is 0.188. The van der Waals surface area contributed by atoms with Crippen molar-refractivity contribution in [1.29, 1.82) is 0 Å². The fourth-order valence-corrected chi connectivity index (χ4v) is 2.49. The van der Waals surface area contributed by atoms with Gasteiger partial charge in [0.25, 0.3) is 0 Å². The Morgan fingerprint density at radius 3 is 2.18 bits per heavy atom. The Morgan fingerprint density at radius 2 is 1.68 bits per heavy atom. The molecule has 22 heavy (non-hydrogen) atoms. The van der Waals surface area contributed by atoms with E-state index in [2.05, 4.69) is 4.74 Å². The molecule has 0 N–H and O–H groups in total. The van der Waals surface area contributed by atoms with Crippen LogP contribution in [0.4, 0.5) is 0 Å². The second-order valence-corrected chi connectivity index (χ2v) is 5.31. The van der Waals surface area contributed by atoms with Crippen LogP contribution < -0.4 is 9.47 Å². The average Bonchev–Trinajstić information content (AvgIpc) is 2.50. The Morgan fingerprint density at radius 1 is 1.05 bits per heavy atom. The third kappa shape index (κ3) is 3.46. The summed E-state index contributed by atoms with van der Waals surface area (Å²) >= 11 is 12.3. The van der Waals surface area contributed by atoms with E-state index in [1.54, 1.807) is 25.3 Å². The van der Waals surface area contributed by atoms with Crippen LogP contribution >= 0.6 is 23.2 Å². The van der Waals surface area contributed by atoms with Gasteiger partial charge in [-0.2, -0.15) is 0 Å². The van der Waals surface area contributed by atoms with Crippen LogP contribution in [0, 0.1) is 6.92 Å². The summed E-state index contributed by atoms with van der Waals surface area (Å²) in [6, 6.07) is 8.23. The number of methoxy groups -OCH3 is 2. The number of ether oxygens (including phenoxy) is 3. The molecule has 6 heteroatoms. The lowest BCUT2D eigenvalue weighted by Gasteiger charge is -2.12. The second-order valence-electron chi connectivity index (χ2n) is 4.49. The number of hydrogen-bond donors (Lipinski definition) is 0. The Balaban J connectivity index is 2.34. The van der Waals surface area contributed by atoms with Crippen molar-refractivity contribution in [1.82, 2.24) is 0 Å². The van der Waals surface area contributed by atoms with Gasteiger partial charge in [-0.15, -0.1) is 0 Å². The monoisotopic (exact) mass is 340 g/mol. The van der Waals surface area contributed by atoms with E-state index in [0.29, 0.717) is 5.75 Å². The summed E-state index contributed by atoms with van der Waals surface area (Å²) in [5, 5.41) is 0.447. The standard InChI is InChI=1S/C16H14Cl2O4/c1-9-6-11(4-5-14(9)20-2)22-15-12(17)7-10(8-13(15)18)16(19)21-3/h4-8H,1-3H3. The van der Waals surface area contributed by atoms with Gasteiger partial charge >= 0.3 is 5.97 Å². The summed E-state index contributed by atoms with van der Waals surface area (Å²) in [5.41, 5.74) is 1.18. The molecule has 0 heterocycles. The van der Waals surface area contributed by atoms with E-state index in [1.165, 1.54) is 19.2 Å². The van der Waals surface area contributed by atoms with Crippen LogP contribution in [-0.4, -0.2) is 20.2 Å². The first-order valence-corrected chi connectivity index (χ1v) is 7.11. The van der Waals surface area contributed by atoms with Crippen molar-refractivity contribution in [2.24, 2.45) is 0 Å². The number of hydrogen-bond acceptors (Lipinski definition) is 4. The van der Waals surface area contributed by atoms with Crippen molar-refractivity contribution in [3.05, 3.63) is 51.5 Å². The molecular formula is C16H14Cl2O4. The van der Waals surface area contributed by atoms with Crippen molar-refractivity contribution in [2.45, 2.75) is 6.92 Å². The first kappa shape index (κ1) is 16.5. The molecule has 0 amide bonds. The first-order valence-electron chi connectivity index (χ1n) is 6.36. The van der Waals surface area contributed by atoms with Gasteiger partial charge in [-0.25, -0.2) is 4.79 Å². The highest BCUT2D eigenvalue weighted by Crippen LogP contribution is 2.38. The lowest BCUT2D eigenvalue weighted by Crippen LogP contribution is -2.01. The fourth-order valence-electron chi connectivity index (χ4n) is 1.93. The predicted molar refractivity (Wildman–Crippen MR) is 85.6 cm³/mol. The zero-order valence-electron chi connectivity index (χ0n) is 12.3. The van der Waals surface area contributed by atoms with Crippen LogP contribution in [0.15, 0.2) is 30.3 Å². The summed E-state index contributed by atoms with van der Waals surface area (Å²) in [7, 11) is 2.89. The number of halogens is 2. The molecule has 2 aromatic rings. The lowest BCUT2D eigenvalue weighted by atomic mass is 10.2. The number of benzene rings is 2. The van der Waals surface area contributed by atoms with E-state index in [0.717, 1.165) is 11.3 Å². The van der Waals surface area contributed by atoms with Gasteiger partial charge in [0.05, 0.1) is 29.8 Å². The number of rotatable bonds is 4. The first-order chi connectivity index (χ1) is 10.5. The van der Waals surface area contributed by atoms with Gasteiger partial charge in [0.2, 0.25) is 0 Å². The zero-order chi connectivity index (χ0) is 16.3. The van der Waals surface area contributed by atoms with Crippen molar-refractivity contribution in [3.8, 4) is 17.2 Å². The van der Waals surface area contributed by atoms with E-state index >= 15 is 0 Å². The molecule has 0 aliphatic rings. The van der Waals surface area contributed by atoms with Crippen molar-refractivity contribution >= 4 is 29.2 Å². The summed E-state index contributed by atoms with van der Waals surface area (Å²) < 4.78 is 15.5. The van der Waals surface area contributed by atoms with E-state index in [1.807, 2.05) is 6.92 Å². The Kier molecular flexibility index (Phi) is 5.16. The molecule has 0 saturated heterocycles. The summed E-state index contributed by atoms with van der Waals surface area (Å²) in [5.74, 6) is 1.08. The van der Waals surface area contributed by atoms with Gasteiger partial charge < -0.3 is 14.2 Å². The van der Waals surface area contributed by atoms with Crippen LogP contribution in [0.2, 0.25) is 10.0 Å². The minimum absolute atomic E-state index is 0.223. The average molecular weight is 341 g/mol. The number of carbonyl (C=O) groups is 1.